The fourth-order valence-electron chi connectivity index (χ4n) is 1.19. The summed E-state index contributed by atoms with van der Waals surface area (Å²) in [4.78, 5) is 0. The molecule has 0 atom stereocenters. The van der Waals surface area contributed by atoms with Gasteiger partial charge in [0.1, 0.15) is 0 Å². The molecule has 0 unspecified atom stereocenters. The molecule has 0 saturated carbocycles. The van der Waals surface area contributed by atoms with Gasteiger partial charge in [0, 0.05) is 7.11 Å². The molecular weight excluding hydrogens is 192 g/mol. The van der Waals surface area contributed by atoms with Crippen LogP contribution >= 0.6 is 12.6 Å². The lowest BCUT2D eigenvalue weighted by Crippen LogP contribution is -1.86. The van der Waals surface area contributed by atoms with Gasteiger partial charge in [0.05, 0.1) is 6.61 Å². The van der Waals surface area contributed by atoms with E-state index >= 15 is 0 Å². The summed E-state index contributed by atoms with van der Waals surface area (Å²) in [7, 11) is 1.71. The molecule has 0 N–H and O–H groups in total. The molecule has 0 heterocycles. The van der Waals surface area contributed by atoms with Gasteiger partial charge in [0.15, 0.2) is 0 Å². The van der Waals surface area contributed by atoms with Gasteiger partial charge >= 0.3 is 0 Å². The molecule has 2 heteroatoms. The number of allylic oxidation sites excluding steroid dienone is 1. The first-order valence-corrected chi connectivity index (χ1v) is 5.35. The van der Waals surface area contributed by atoms with E-state index in [0.29, 0.717) is 6.61 Å². The number of methoxy groups -OCH3 is 1. The Morgan fingerprint density at radius 1 is 1.29 bits per heavy atom. The molecule has 0 aliphatic heterocycles. The van der Waals surface area contributed by atoms with E-state index in [2.05, 4.69) is 49.0 Å². The Labute approximate surface area is 91.2 Å². The number of ether oxygens (including phenoxy) is 1. The summed E-state index contributed by atoms with van der Waals surface area (Å²) < 4.78 is 5.04. The van der Waals surface area contributed by atoms with Crippen molar-refractivity contribution in [1.82, 2.24) is 0 Å². The average molecular weight is 208 g/mol. The quantitative estimate of drug-likeness (QED) is 0.731. The van der Waals surface area contributed by atoms with Gasteiger partial charge in [-0.05, 0) is 23.3 Å². The van der Waals surface area contributed by atoms with Gasteiger partial charge in [-0.15, -0.1) is 0 Å². The molecule has 0 spiro atoms. The van der Waals surface area contributed by atoms with E-state index in [1.165, 1.54) is 11.1 Å². The van der Waals surface area contributed by atoms with Gasteiger partial charge in [-0.25, -0.2) is 0 Å². The highest BCUT2D eigenvalue weighted by molar-refractivity contribution is 7.80. The first-order chi connectivity index (χ1) is 6.86. The van der Waals surface area contributed by atoms with E-state index in [9.17, 15) is 0 Å². The van der Waals surface area contributed by atoms with Gasteiger partial charge in [0.2, 0.25) is 0 Å². The van der Waals surface area contributed by atoms with Crippen LogP contribution in [0.2, 0.25) is 0 Å². The van der Waals surface area contributed by atoms with Crippen molar-refractivity contribution in [2.45, 2.75) is 13.0 Å². The highest BCUT2D eigenvalue weighted by Gasteiger charge is 1.90. The largest absolute Gasteiger partial charge is 0.380 e. The first-order valence-electron chi connectivity index (χ1n) is 4.72. The van der Waals surface area contributed by atoms with Crippen molar-refractivity contribution < 1.29 is 4.74 Å². The van der Waals surface area contributed by atoms with E-state index in [0.717, 1.165) is 12.2 Å². The van der Waals surface area contributed by atoms with E-state index in [4.69, 9.17) is 4.74 Å². The van der Waals surface area contributed by atoms with Gasteiger partial charge in [0.25, 0.3) is 0 Å². The summed E-state index contributed by atoms with van der Waals surface area (Å²) in [5, 5.41) is 0. The van der Waals surface area contributed by atoms with Crippen molar-refractivity contribution in [3.8, 4) is 0 Å². The topological polar surface area (TPSA) is 9.23 Å². The monoisotopic (exact) mass is 208 g/mol. The van der Waals surface area contributed by atoms with Crippen molar-refractivity contribution in [3.05, 3.63) is 41.5 Å². The molecular formula is C12H16OS. The normalized spacial score (nSPS) is 11.0. The molecule has 0 bridgehead atoms. The summed E-state index contributed by atoms with van der Waals surface area (Å²) in [5.41, 5.74) is 2.44. The molecule has 0 radical (unpaired) electrons. The molecule has 1 nitrogen and oxygen atoms in total. The second kappa shape index (κ2) is 6.68. The summed E-state index contributed by atoms with van der Waals surface area (Å²) in [6, 6.07) is 8.38. The van der Waals surface area contributed by atoms with Crippen molar-refractivity contribution in [2.75, 3.05) is 12.9 Å². The molecule has 1 aromatic rings. The van der Waals surface area contributed by atoms with Crippen LogP contribution in [0.15, 0.2) is 30.3 Å². The predicted molar refractivity (Wildman–Crippen MR) is 64.7 cm³/mol. The Morgan fingerprint density at radius 3 is 2.57 bits per heavy atom. The third-order valence-corrected chi connectivity index (χ3v) is 2.15. The lowest BCUT2D eigenvalue weighted by molar-refractivity contribution is 0.185. The molecule has 1 rings (SSSR count). The van der Waals surface area contributed by atoms with Crippen LogP contribution in [-0.2, 0) is 11.3 Å². The standard InChI is InChI=1S/C12H16OS/c1-13-10-12-7-5-11(6-8-12)4-2-3-9-14/h2,4-8,14H,3,9-10H2,1H3. The first kappa shape index (κ1) is 11.3. The summed E-state index contributed by atoms with van der Waals surface area (Å²) >= 11 is 4.14. The Morgan fingerprint density at radius 2 is 2.00 bits per heavy atom. The lowest BCUT2D eigenvalue weighted by atomic mass is 10.1. The third-order valence-electron chi connectivity index (χ3n) is 1.90. The predicted octanol–water partition coefficient (Wildman–Crippen LogP) is 3.17. The zero-order valence-corrected chi connectivity index (χ0v) is 9.34. The molecule has 76 valence electrons. The molecule has 0 saturated heterocycles. The molecule has 0 amide bonds. The highest BCUT2D eigenvalue weighted by atomic mass is 32.1. The van der Waals surface area contributed by atoms with E-state index < -0.39 is 0 Å². The van der Waals surface area contributed by atoms with Gasteiger partial charge < -0.3 is 4.74 Å². The van der Waals surface area contributed by atoms with Crippen LogP contribution in [0, 0.1) is 0 Å². The smallest absolute Gasteiger partial charge is 0.0713 e. The molecule has 1 aromatic carbocycles. The molecule has 0 aliphatic rings. The maximum absolute atomic E-state index is 5.04. The number of benzene rings is 1. The second-order valence-electron chi connectivity index (χ2n) is 3.09. The minimum Gasteiger partial charge on any atom is -0.380 e. The molecule has 14 heavy (non-hydrogen) atoms. The molecule has 0 fully saturated rings. The Kier molecular flexibility index (Phi) is 5.42. The number of hydrogen-bond acceptors (Lipinski definition) is 2. The van der Waals surface area contributed by atoms with E-state index in [1.807, 2.05) is 0 Å². The maximum atomic E-state index is 5.04. The fraction of sp³-hybridized carbons (Fsp3) is 0.333. The number of rotatable bonds is 5. The van der Waals surface area contributed by atoms with Gasteiger partial charge in [-0.1, -0.05) is 36.4 Å². The van der Waals surface area contributed by atoms with Crippen LogP contribution in [0.1, 0.15) is 17.5 Å². The third kappa shape index (κ3) is 3.99. The summed E-state index contributed by atoms with van der Waals surface area (Å²) in [6.45, 7) is 0.681. The van der Waals surface area contributed by atoms with Crippen LogP contribution < -0.4 is 0 Å². The minimum atomic E-state index is 0.681. The molecule has 0 aliphatic carbocycles. The van der Waals surface area contributed by atoms with Gasteiger partial charge in [-0.3, -0.25) is 0 Å². The van der Waals surface area contributed by atoms with E-state index in [1.54, 1.807) is 7.11 Å². The Balaban J connectivity index is 2.54. The van der Waals surface area contributed by atoms with Crippen LogP contribution in [0.3, 0.4) is 0 Å². The minimum absolute atomic E-state index is 0.681. The van der Waals surface area contributed by atoms with Gasteiger partial charge in [-0.2, -0.15) is 12.6 Å². The SMILES string of the molecule is COCc1ccc(C=CCCS)cc1. The number of hydrogen-bond donors (Lipinski definition) is 1. The van der Waals surface area contributed by atoms with Crippen LogP contribution in [0.5, 0.6) is 0 Å². The highest BCUT2D eigenvalue weighted by Crippen LogP contribution is 2.07. The van der Waals surface area contributed by atoms with Crippen molar-refractivity contribution in [3.63, 3.8) is 0 Å². The fourth-order valence-corrected chi connectivity index (χ4v) is 1.33. The van der Waals surface area contributed by atoms with Crippen molar-refractivity contribution in [2.24, 2.45) is 0 Å². The maximum Gasteiger partial charge on any atom is 0.0713 e. The summed E-state index contributed by atoms with van der Waals surface area (Å²) in [5.74, 6) is 0.901. The van der Waals surface area contributed by atoms with Crippen molar-refractivity contribution >= 4 is 18.7 Å². The average Bonchev–Trinajstić information content (AvgIpc) is 2.21. The Hall–Kier alpha value is -0.730. The molecule has 0 aromatic heterocycles. The van der Waals surface area contributed by atoms with Crippen LogP contribution in [-0.4, -0.2) is 12.9 Å². The lowest BCUT2D eigenvalue weighted by Gasteiger charge is -1.99. The van der Waals surface area contributed by atoms with Crippen LogP contribution in [0.4, 0.5) is 0 Å². The Bertz CT molecular complexity index is 277. The zero-order chi connectivity index (χ0) is 10.2. The van der Waals surface area contributed by atoms with Crippen molar-refractivity contribution in [1.29, 1.82) is 0 Å². The van der Waals surface area contributed by atoms with E-state index in [-0.39, 0.29) is 0 Å². The number of thiol groups is 1. The second-order valence-corrected chi connectivity index (χ2v) is 3.54. The summed E-state index contributed by atoms with van der Waals surface area (Å²) in [6.07, 6.45) is 5.27. The zero-order valence-electron chi connectivity index (χ0n) is 8.44. The van der Waals surface area contributed by atoms with Crippen LogP contribution in [0.25, 0.3) is 6.08 Å².